The van der Waals surface area contributed by atoms with Gasteiger partial charge >= 0.3 is 5.97 Å². The number of hydrogen-bond donors (Lipinski definition) is 3. The quantitative estimate of drug-likeness (QED) is 0.732. The molecule has 0 heterocycles. The Balaban J connectivity index is 2.19. The molecule has 0 aliphatic rings. The van der Waals surface area contributed by atoms with Crippen LogP contribution in [0.15, 0.2) is 42.5 Å². The molecule has 0 saturated heterocycles. The van der Waals surface area contributed by atoms with Crippen molar-refractivity contribution >= 4 is 23.0 Å². The number of nitrogens with one attached hydrogen (secondary N) is 1. The maximum Gasteiger partial charge on any atom is 0.337 e. The van der Waals surface area contributed by atoms with E-state index in [9.17, 15) is 4.79 Å². The molecule has 0 bridgehead atoms. The molecular weight excluding hydrogens is 268 g/mol. The van der Waals surface area contributed by atoms with E-state index in [-0.39, 0.29) is 17.4 Å². The SMILES string of the molecule is CC(C)Oc1ccc(Nc2cccc(C(=O)O)c2N)cc1. The lowest BCUT2D eigenvalue weighted by Crippen LogP contribution is -2.06. The second kappa shape index (κ2) is 6.17. The van der Waals surface area contributed by atoms with Gasteiger partial charge in [-0.15, -0.1) is 0 Å². The molecular formula is C16H18N2O3. The summed E-state index contributed by atoms with van der Waals surface area (Å²) < 4.78 is 5.56. The Morgan fingerprint density at radius 1 is 1.19 bits per heavy atom. The van der Waals surface area contributed by atoms with E-state index in [1.165, 1.54) is 6.07 Å². The van der Waals surface area contributed by atoms with Crippen LogP contribution in [-0.2, 0) is 0 Å². The van der Waals surface area contributed by atoms with Crippen molar-refractivity contribution < 1.29 is 14.6 Å². The van der Waals surface area contributed by atoms with E-state index in [2.05, 4.69) is 5.32 Å². The zero-order valence-corrected chi connectivity index (χ0v) is 12.0. The Morgan fingerprint density at radius 3 is 2.43 bits per heavy atom. The number of anilines is 3. The highest BCUT2D eigenvalue weighted by Crippen LogP contribution is 2.27. The van der Waals surface area contributed by atoms with Crippen molar-refractivity contribution in [3.63, 3.8) is 0 Å². The molecule has 0 atom stereocenters. The van der Waals surface area contributed by atoms with Gasteiger partial charge in [0.1, 0.15) is 5.75 Å². The predicted molar refractivity (Wildman–Crippen MR) is 83.3 cm³/mol. The minimum Gasteiger partial charge on any atom is -0.491 e. The van der Waals surface area contributed by atoms with Gasteiger partial charge in [-0.3, -0.25) is 0 Å². The number of hydrogen-bond acceptors (Lipinski definition) is 4. The number of nitrogens with two attached hydrogens (primary N) is 1. The van der Waals surface area contributed by atoms with E-state index in [1.54, 1.807) is 12.1 Å². The van der Waals surface area contributed by atoms with Crippen LogP contribution in [-0.4, -0.2) is 17.2 Å². The molecule has 0 unspecified atom stereocenters. The number of carboxylic acid groups (broad SMARTS) is 1. The van der Waals surface area contributed by atoms with Crippen LogP contribution in [0.4, 0.5) is 17.1 Å². The van der Waals surface area contributed by atoms with Gasteiger partial charge in [-0.1, -0.05) is 6.07 Å². The summed E-state index contributed by atoms with van der Waals surface area (Å²) in [6.07, 6.45) is 0.117. The van der Waals surface area contributed by atoms with Gasteiger partial charge in [-0.2, -0.15) is 0 Å². The highest BCUT2D eigenvalue weighted by molar-refractivity contribution is 5.97. The molecule has 0 aliphatic carbocycles. The first-order chi connectivity index (χ1) is 9.97. The third-order valence-corrected chi connectivity index (χ3v) is 2.84. The number of nitrogen functional groups attached to an aromatic ring is 1. The van der Waals surface area contributed by atoms with Crippen LogP contribution in [0.5, 0.6) is 5.75 Å². The number of aromatic carboxylic acids is 1. The monoisotopic (exact) mass is 286 g/mol. The Bertz CT molecular complexity index is 636. The van der Waals surface area contributed by atoms with Gasteiger partial charge in [-0.25, -0.2) is 4.79 Å². The third kappa shape index (κ3) is 3.66. The van der Waals surface area contributed by atoms with Gasteiger partial charge in [0, 0.05) is 5.69 Å². The van der Waals surface area contributed by atoms with Crippen molar-refractivity contribution in [1.29, 1.82) is 0 Å². The summed E-state index contributed by atoms with van der Waals surface area (Å²) in [6, 6.07) is 12.3. The number of rotatable bonds is 5. The molecule has 0 radical (unpaired) electrons. The standard InChI is InChI=1S/C16H18N2O3/c1-10(2)21-12-8-6-11(7-9-12)18-14-5-3-4-13(15(14)17)16(19)20/h3-10,18H,17H2,1-2H3,(H,19,20). The van der Waals surface area contributed by atoms with Crippen molar-refractivity contribution in [2.75, 3.05) is 11.1 Å². The van der Waals surface area contributed by atoms with E-state index < -0.39 is 5.97 Å². The average molecular weight is 286 g/mol. The number of para-hydroxylation sites is 1. The van der Waals surface area contributed by atoms with Crippen molar-refractivity contribution in [2.24, 2.45) is 0 Å². The Morgan fingerprint density at radius 2 is 1.86 bits per heavy atom. The first kappa shape index (κ1) is 14.7. The topological polar surface area (TPSA) is 84.6 Å². The smallest absolute Gasteiger partial charge is 0.337 e. The molecule has 0 amide bonds. The minimum absolute atomic E-state index is 0.0831. The van der Waals surface area contributed by atoms with E-state index in [0.29, 0.717) is 5.69 Å². The van der Waals surface area contributed by atoms with Crippen molar-refractivity contribution in [3.8, 4) is 5.75 Å². The normalized spacial score (nSPS) is 10.4. The second-order valence-corrected chi connectivity index (χ2v) is 4.89. The summed E-state index contributed by atoms with van der Waals surface area (Å²) in [5.74, 6) is -0.264. The molecule has 5 heteroatoms. The molecule has 0 aromatic heterocycles. The lowest BCUT2D eigenvalue weighted by atomic mass is 10.1. The van der Waals surface area contributed by atoms with Gasteiger partial charge in [0.15, 0.2) is 0 Å². The van der Waals surface area contributed by atoms with E-state index in [0.717, 1.165) is 11.4 Å². The Hall–Kier alpha value is -2.69. The van der Waals surface area contributed by atoms with Crippen LogP contribution in [0.2, 0.25) is 0 Å². The van der Waals surface area contributed by atoms with E-state index in [4.69, 9.17) is 15.6 Å². The van der Waals surface area contributed by atoms with Crippen molar-refractivity contribution in [1.82, 2.24) is 0 Å². The van der Waals surface area contributed by atoms with Gasteiger partial charge in [0.05, 0.1) is 23.0 Å². The molecule has 0 aliphatic heterocycles. The highest BCUT2D eigenvalue weighted by atomic mass is 16.5. The zero-order chi connectivity index (χ0) is 15.4. The minimum atomic E-state index is -1.04. The Labute approximate surface area is 123 Å². The summed E-state index contributed by atoms with van der Waals surface area (Å²) in [4.78, 5) is 11.0. The van der Waals surface area contributed by atoms with Crippen LogP contribution in [0.3, 0.4) is 0 Å². The lowest BCUT2D eigenvalue weighted by Gasteiger charge is -2.13. The number of carboxylic acids is 1. The average Bonchev–Trinajstić information content (AvgIpc) is 2.42. The number of carbonyl (C=O) groups is 1. The molecule has 2 rings (SSSR count). The predicted octanol–water partition coefficient (Wildman–Crippen LogP) is 3.50. The lowest BCUT2D eigenvalue weighted by molar-refractivity contribution is 0.0698. The Kier molecular flexibility index (Phi) is 4.33. The molecule has 2 aromatic rings. The van der Waals surface area contributed by atoms with E-state index >= 15 is 0 Å². The van der Waals surface area contributed by atoms with Crippen LogP contribution in [0.1, 0.15) is 24.2 Å². The van der Waals surface area contributed by atoms with Crippen LogP contribution in [0, 0.1) is 0 Å². The van der Waals surface area contributed by atoms with Crippen molar-refractivity contribution in [2.45, 2.75) is 20.0 Å². The third-order valence-electron chi connectivity index (χ3n) is 2.84. The summed E-state index contributed by atoms with van der Waals surface area (Å²) in [5.41, 5.74) is 7.53. The molecule has 2 aromatic carbocycles. The fourth-order valence-corrected chi connectivity index (χ4v) is 1.91. The first-order valence-corrected chi connectivity index (χ1v) is 6.63. The number of benzene rings is 2. The maximum atomic E-state index is 11.0. The van der Waals surface area contributed by atoms with Crippen molar-refractivity contribution in [3.05, 3.63) is 48.0 Å². The molecule has 5 nitrogen and oxygen atoms in total. The number of ether oxygens (including phenoxy) is 1. The van der Waals surface area contributed by atoms with Gasteiger partial charge < -0.3 is 20.9 Å². The summed E-state index contributed by atoms with van der Waals surface area (Å²) in [6.45, 7) is 3.93. The van der Waals surface area contributed by atoms with Crippen LogP contribution < -0.4 is 15.8 Å². The van der Waals surface area contributed by atoms with Gasteiger partial charge in [0.2, 0.25) is 0 Å². The van der Waals surface area contributed by atoms with Crippen LogP contribution >= 0.6 is 0 Å². The van der Waals surface area contributed by atoms with Gasteiger partial charge in [0.25, 0.3) is 0 Å². The molecule has 21 heavy (non-hydrogen) atoms. The first-order valence-electron chi connectivity index (χ1n) is 6.63. The zero-order valence-electron chi connectivity index (χ0n) is 12.0. The summed E-state index contributed by atoms with van der Waals surface area (Å²) in [5, 5.41) is 12.2. The summed E-state index contributed by atoms with van der Waals surface area (Å²) in [7, 11) is 0. The highest BCUT2D eigenvalue weighted by Gasteiger charge is 2.11. The second-order valence-electron chi connectivity index (χ2n) is 4.89. The fraction of sp³-hybridized carbons (Fsp3) is 0.188. The largest absolute Gasteiger partial charge is 0.491 e. The maximum absolute atomic E-state index is 11.0. The van der Waals surface area contributed by atoms with Crippen LogP contribution in [0.25, 0.3) is 0 Å². The van der Waals surface area contributed by atoms with Gasteiger partial charge in [-0.05, 0) is 50.2 Å². The molecule has 0 saturated carbocycles. The molecule has 0 fully saturated rings. The van der Waals surface area contributed by atoms with E-state index in [1.807, 2.05) is 38.1 Å². The molecule has 4 N–H and O–H groups in total. The fourth-order valence-electron chi connectivity index (χ4n) is 1.91. The molecule has 110 valence electrons. The summed E-state index contributed by atoms with van der Waals surface area (Å²) >= 11 is 0. The molecule has 0 spiro atoms.